The first-order valence-electron chi connectivity index (χ1n) is 5.67. The summed E-state index contributed by atoms with van der Waals surface area (Å²) in [6.07, 6.45) is 0. The van der Waals surface area contributed by atoms with Gasteiger partial charge in [-0.05, 0) is 45.5 Å². The van der Waals surface area contributed by atoms with E-state index in [4.69, 9.17) is 12.2 Å². The minimum absolute atomic E-state index is 0.310. The molecule has 2 N–H and O–H groups in total. The largest absolute Gasteiger partial charge is 0.359 e. The maximum Gasteiger partial charge on any atom is 0.187 e. The van der Waals surface area contributed by atoms with Crippen molar-refractivity contribution in [3.63, 3.8) is 0 Å². The van der Waals surface area contributed by atoms with Crippen molar-refractivity contribution in [2.45, 2.75) is 33.7 Å². The molecule has 0 radical (unpaired) electrons. The Balaban J connectivity index is 2.60. The standard InChI is InChI=1S/C13H19N3S/c1-9(2)14-13(17)16-15-11(4)12-7-5-10(3)6-8-12/h5-9H,1-4H3,(H2,14,16,17). The van der Waals surface area contributed by atoms with Crippen LogP contribution in [0.1, 0.15) is 31.9 Å². The molecule has 0 atom stereocenters. The predicted molar refractivity (Wildman–Crippen MR) is 77.4 cm³/mol. The summed E-state index contributed by atoms with van der Waals surface area (Å²) < 4.78 is 0. The molecule has 0 aliphatic heterocycles. The Kier molecular flexibility index (Phi) is 5.10. The van der Waals surface area contributed by atoms with E-state index in [9.17, 15) is 0 Å². The zero-order valence-electron chi connectivity index (χ0n) is 10.7. The maximum absolute atomic E-state index is 5.09. The topological polar surface area (TPSA) is 36.4 Å². The molecule has 1 aromatic carbocycles. The molecule has 0 aliphatic rings. The molecule has 3 nitrogen and oxygen atoms in total. The van der Waals surface area contributed by atoms with E-state index in [1.807, 2.05) is 20.8 Å². The highest BCUT2D eigenvalue weighted by Gasteiger charge is 1.99. The van der Waals surface area contributed by atoms with Crippen LogP contribution in [0.5, 0.6) is 0 Å². The molecule has 0 amide bonds. The summed E-state index contributed by atoms with van der Waals surface area (Å²) >= 11 is 5.09. The van der Waals surface area contributed by atoms with Crippen molar-refractivity contribution in [2.24, 2.45) is 5.10 Å². The van der Waals surface area contributed by atoms with Gasteiger partial charge in [0.05, 0.1) is 5.71 Å². The Labute approximate surface area is 108 Å². The lowest BCUT2D eigenvalue weighted by molar-refractivity contribution is 0.719. The third-order valence-electron chi connectivity index (χ3n) is 2.21. The van der Waals surface area contributed by atoms with E-state index in [2.05, 4.69) is 47.0 Å². The molecule has 1 rings (SSSR count). The van der Waals surface area contributed by atoms with Gasteiger partial charge in [-0.25, -0.2) is 0 Å². The summed E-state index contributed by atoms with van der Waals surface area (Å²) in [5.41, 5.74) is 6.09. The lowest BCUT2D eigenvalue weighted by Gasteiger charge is -2.10. The van der Waals surface area contributed by atoms with Gasteiger partial charge < -0.3 is 5.32 Å². The van der Waals surface area contributed by atoms with Crippen LogP contribution in [0.2, 0.25) is 0 Å². The minimum atomic E-state index is 0.310. The van der Waals surface area contributed by atoms with E-state index in [-0.39, 0.29) is 0 Å². The first-order chi connectivity index (χ1) is 7.99. The van der Waals surface area contributed by atoms with Crippen LogP contribution in [-0.2, 0) is 0 Å². The van der Waals surface area contributed by atoms with Crippen molar-refractivity contribution in [3.05, 3.63) is 35.4 Å². The summed E-state index contributed by atoms with van der Waals surface area (Å²) in [5, 5.41) is 7.86. The van der Waals surface area contributed by atoms with Gasteiger partial charge in [-0.1, -0.05) is 29.8 Å². The van der Waals surface area contributed by atoms with Gasteiger partial charge in [0.2, 0.25) is 0 Å². The van der Waals surface area contributed by atoms with Gasteiger partial charge in [0, 0.05) is 6.04 Å². The summed E-state index contributed by atoms with van der Waals surface area (Å²) in [5.74, 6) is 0. The fourth-order valence-electron chi connectivity index (χ4n) is 1.29. The lowest BCUT2D eigenvalue weighted by atomic mass is 10.1. The minimum Gasteiger partial charge on any atom is -0.359 e. The zero-order valence-corrected chi connectivity index (χ0v) is 11.6. The highest BCUT2D eigenvalue weighted by molar-refractivity contribution is 7.80. The van der Waals surface area contributed by atoms with Gasteiger partial charge >= 0.3 is 0 Å². The Morgan fingerprint density at radius 3 is 2.35 bits per heavy atom. The molecule has 0 saturated carbocycles. The Bertz CT molecular complexity index is 407. The normalized spacial score (nSPS) is 11.5. The average molecular weight is 249 g/mol. The van der Waals surface area contributed by atoms with Gasteiger partial charge in [-0.3, -0.25) is 5.43 Å². The molecule has 92 valence electrons. The molecular formula is C13H19N3S. The molecule has 0 bridgehead atoms. The number of thiocarbonyl (C=S) groups is 1. The van der Waals surface area contributed by atoms with Crippen molar-refractivity contribution < 1.29 is 0 Å². The van der Waals surface area contributed by atoms with Crippen LogP contribution in [0.15, 0.2) is 29.4 Å². The van der Waals surface area contributed by atoms with Crippen molar-refractivity contribution in [1.29, 1.82) is 0 Å². The number of aryl methyl sites for hydroxylation is 1. The molecule has 0 fully saturated rings. The average Bonchev–Trinajstić information content (AvgIpc) is 2.26. The van der Waals surface area contributed by atoms with Gasteiger partial charge in [-0.15, -0.1) is 0 Å². The zero-order chi connectivity index (χ0) is 12.8. The fraction of sp³-hybridized carbons (Fsp3) is 0.385. The van der Waals surface area contributed by atoms with E-state index in [0.29, 0.717) is 11.2 Å². The van der Waals surface area contributed by atoms with Crippen molar-refractivity contribution in [1.82, 2.24) is 10.7 Å². The highest BCUT2D eigenvalue weighted by Crippen LogP contribution is 2.04. The van der Waals surface area contributed by atoms with Gasteiger partial charge in [0.25, 0.3) is 0 Å². The first kappa shape index (κ1) is 13.6. The summed E-state index contributed by atoms with van der Waals surface area (Å²) in [7, 11) is 0. The number of rotatable bonds is 3. The molecule has 0 spiro atoms. The second-order valence-corrected chi connectivity index (χ2v) is 4.71. The SMILES string of the molecule is CC(=NNC(=S)NC(C)C)c1ccc(C)cc1. The number of hydrazone groups is 1. The lowest BCUT2D eigenvalue weighted by Crippen LogP contribution is -2.37. The summed E-state index contributed by atoms with van der Waals surface area (Å²) in [6, 6.07) is 8.55. The van der Waals surface area contributed by atoms with E-state index < -0.39 is 0 Å². The summed E-state index contributed by atoms with van der Waals surface area (Å²) in [6.45, 7) is 8.08. The van der Waals surface area contributed by atoms with Gasteiger partial charge in [0.15, 0.2) is 5.11 Å². The van der Waals surface area contributed by atoms with Crippen LogP contribution in [0.4, 0.5) is 0 Å². The number of hydrogen-bond donors (Lipinski definition) is 2. The molecule has 0 unspecified atom stereocenters. The Hall–Kier alpha value is -1.42. The van der Waals surface area contributed by atoms with E-state index in [0.717, 1.165) is 11.3 Å². The van der Waals surface area contributed by atoms with Crippen LogP contribution < -0.4 is 10.7 Å². The summed E-state index contributed by atoms with van der Waals surface area (Å²) in [4.78, 5) is 0. The van der Waals surface area contributed by atoms with E-state index in [1.165, 1.54) is 5.56 Å². The second kappa shape index (κ2) is 6.35. The van der Waals surface area contributed by atoms with Crippen LogP contribution in [0.3, 0.4) is 0 Å². The molecule has 1 aromatic rings. The van der Waals surface area contributed by atoms with Crippen LogP contribution in [-0.4, -0.2) is 16.9 Å². The van der Waals surface area contributed by atoms with Crippen molar-refractivity contribution in [3.8, 4) is 0 Å². The van der Waals surface area contributed by atoms with E-state index >= 15 is 0 Å². The first-order valence-corrected chi connectivity index (χ1v) is 6.07. The third kappa shape index (κ3) is 4.95. The number of nitrogens with zero attached hydrogens (tertiary/aromatic N) is 1. The van der Waals surface area contributed by atoms with Crippen molar-refractivity contribution >= 4 is 23.0 Å². The van der Waals surface area contributed by atoms with Crippen LogP contribution in [0.25, 0.3) is 0 Å². The van der Waals surface area contributed by atoms with Gasteiger partial charge in [0.1, 0.15) is 0 Å². The van der Waals surface area contributed by atoms with Gasteiger partial charge in [-0.2, -0.15) is 5.10 Å². The number of nitrogens with one attached hydrogen (secondary N) is 2. The maximum atomic E-state index is 5.09. The van der Waals surface area contributed by atoms with Crippen LogP contribution in [0, 0.1) is 6.92 Å². The van der Waals surface area contributed by atoms with Crippen LogP contribution >= 0.6 is 12.2 Å². The fourth-order valence-corrected chi connectivity index (χ4v) is 1.57. The van der Waals surface area contributed by atoms with E-state index in [1.54, 1.807) is 0 Å². The second-order valence-electron chi connectivity index (χ2n) is 4.30. The number of hydrogen-bond acceptors (Lipinski definition) is 2. The highest BCUT2D eigenvalue weighted by atomic mass is 32.1. The predicted octanol–water partition coefficient (Wildman–Crippen LogP) is 2.59. The molecule has 4 heteroatoms. The molecule has 0 heterocycles. The third-order valence-corrected chi connectivity index (χ3v) is 2.42. The molecular weight excluding hydrogens is 230 g/mol. The molecule has 0 aliphatic carbocycles. The van der Waals surface area contributed by atoms with Crippen molar-refractivity contribution in [2.75, 3.05) is 0 Å². The quantitative estimate of drug-likeness (QED) is 0.491. The molecule has 0 saturated heterocycles. The molecule has 17 heavy (non-hydrogen) atoms. The number of benzene rings is 1. The Morgan fingerprint density at radius 1 is 1.24 bits per heavy atom. The smallest absolute Gasteiger partial charge is 0.187 e. The monoisotopic (exact) mass is 249 g/mol. The molecule has 0 aromatic heterocycles. The Morgan fingerprint density at radius 2 is 1.82 bits per heavy atom.